The van der Waals surface area contributed by atoms with E-state index in [0.717, 1.165) is 6.42 Å². The van der Waals surface area contributed by atoms with Gasteiger partial charge in [-0.3, -0.25) is 0 Å². The van der Waals surface area contributed by atoms with Crippen molar-refractivity contribution in [2.75, 3.05) is 13.2 Å². The van der Waals surface area contributed by atoms with Crippen LogP contribution in [0.4, 0.5) is 8.78 Å². The van der Waals surface area contributed by atoms with Crippen molar-refractivity contribution >= 4 is 11.6 Å². The second-order valence-corrected chi connectivity index (χ2v) is 4.60. The van der Waals surface area contributed by atoms with E-state index in [1.165, 1.54) is 18.2 Å². The molecule has 1 aromatic rings. The third kappa shape index (κ3) is 2.53. The van der Waals surface area contributed by atoms with Gasteiger partial charge in [0, 0.05) is 23.5 Å². The molecule has 0 spiro atoms. The Kier molecular flexibility index (Phi) is 3.77. The minimum absolute atomic E-state index is 0.0781. The van der Waals surface area contributed by atoms with Gasteiger partial charge in [0.2, 0.25) is 0 Å². The summed E-state index contributed by atoms with van der Waals surface area (Å²) in [6, 6.07) is 3.87. The molecule has 1 aromatic carbocycles. The van der Waals surface area contributed by atoms with Crippen LogP contribution in [0.3, 0.4) is 0 Å². The van der Waals surface area contributed by atoms with Gasteiger partial charge in [-0.05, 0) is 25.0 Å². The van der Waals surface area contributed by atoms with E-state index in [1.807, 2.05) is 0 Å². The molecule has 2 rings (SSSR count). The van der Waals surface area contributed by atoms with E-state index < -0.39 is 11.6 Å². The molecule has 88 valence electrons. The Labute approximate surface area is 98.4 Å². The van der Waals surface area contributed by atoms with E-state index in [-0.39, 0.29) is 23.3 Å². The maximum Gasteiger partial charge on any atom is 0.129 e. The maximum atomic E-state index is 13.4. The quantitative estimate of drug-likeness (QED) is 0.745. The van der Waals surface area contributed by atoms with Crippen LogP contribution in [0.25, 0.3) is 0 Å². The average Bonchev–Trinajstić information content (AvgIpc) is 2.76. The topological polar surface area (TPSA) is 9.23 Å². The molecule has 0 saturated carbocycles. The summed E-state index contributed by atoms with van der Waals surface area (Å²) in [7, 11) is 0. The van der Waals surface area contributed by atoms with Crippen molar-refractivity contribution in [1.82, 2.24) is 0 Å². The first-order chi connectivity index (χ1) is 7.68. The number of rotatable bonds is 3. The maximum absolute atomic E-state index is 13.4. The summed E-state index contributed by atoms with van der Waals surface area (Å²) in [5, 5.41) is -0.270. The largest absolute Gasteiger partial charge is 0.381 e. The molecule has 1 aliphatic heterocycles. The molecule has 2 unspecified atom stereocenters. The zero-order valence-corrected chi connectivity index (χ0v) is 9.51. The summed E-state index contributed by atoms with van der Waals surface area (Å²) < 4.78 is 31.9. The summed E-state index contributed by atoms with van der Waals surface area (Å²) in [6.45, 7) is 1.28. The summed E-state index contributed by atoms with van der Waals surface area (Å²) in [6.07, 6.45) is 1.08. The third-order valence-corrected chi connectivity index (χ3v) is 3.45. The summed E-state index contributed by atoms with van der Waals surface area (Å²) >= 11 is 6.15. The lowest BCUT2D eigenvalue weighted by molar-refractivity contribution is 0.185. The summed E-state index contributed by atoms with van der Waals surface area (Å²) in [5.41, 5.74) is 0.0781. The van der Waals surface area contributed by atoms with E-state index in [2.05, 4.69) is 0 Å². The van der Waals surface area contributed by atoms with E-state index in [9.17, 15) is 8.78 Å². The molecule has 2 atom stereocenters. The van der Waals surface area contributed by atoms with Crippen molar-refractivity contribution in [3.05, 3.63) is 35.4 Å². The van der Waals surface area contributed by atoms with Gasteiger partial charge < -0.3 is 4.74 Å². The van der Waals surface area contributed by atoms with Crippen molar-refractivity contribution in [2.45, 2.75) is 18.2 Å². The third-order valence-electron chi connectivity index (χ3n) is 2.94. The van der Waals surface area contributed by atoms with Crippen LogP contribution >= 0.6 is 11.6 Å². The van der Waals surface area contributed by atoms with Crippen LogP contribution in [0.5, 0.6) is 0 Å². The zero-order valence-electron chi connectivity index (χ0n) is 8.76. The number of alkyl halides is 1. The van der Waals surface area contributed by atoms with Gasteiger partial charge in [-0.25, -0.2) is 8.78 Å². The smallest absolute Gasteiger partial charge is 0.129 e. The first-order valence-electron chi connectivity index (χ1n) is 5.33. The lowest BCUT2D eigenvalue weighted by atomic mass is 9.98. The number of ether oxygens (including phenoxy) is 1. The van der Waals surface area contributed by atoms with Gasteiger partial charge in [-0.2, -0.15) is 0 Å². The SMILES string of the molecule is Fc1cccc(F)c1CC(Cl)C1CCOC1. The summed E-state index contributed by atoms with van der Waals surface area (Å²) in [5.74, 6) is -0.852. The van der Waals surface area contributed by atoms with Crippen LogP contribution in [0.15, 0.2) is 18.2 Å². The molecule has 0 amide bonds. The van der Waals surface area contributed by atoms with Gasteiger partial charge >= 0.3 is 0 Å². The molecule has 0 N–H and O–H groups in total. The lowest BCUT2D eigenvalue weighted by Crippen LogP contribution is -2.18. The van der Waals surface area contributed by atoms with E-state index in [1.54, 1.807) is 0 Å². The molecule has 4 heteroatoms. The molecule has 0 bridgehead atoms. The van der Waals surface area contributed by atoms with E-state index in [4.69, 9.17) is 16.3 Å². The lowest BCUT2D eigenvalue weighted by Gasteiger charge is -2.16. The molecule has 1 nitrogen and oxygen atoms in total. The van der Waals surface area contributed by atoms with Gasteiger partial charge in [0.05, 0.1) is 6.61 Å². The predicted octanol–water partition coefficient (Wildman–Crippen LogP) is 3.15. The highest BCUT2D eigenvalue weighted by Crippen LogP contribution is 2.26. The van der Waals surface area contributed by atoms with E-state index in [0.29, 0.717) is 13.2 Å². The normalized spacial score (nSPS) is 22.3. The highest BCUT2D eigenvalue weighted by molar-refractivity contribution is 6.20. The molecule has 0 radical (unpaired) electrons. The highest BCUT2D eigenvalue weighted by atomic mass is 35.5. The van der Waals surface area contributed by atoms with Gasteiger partial charge in [0.15, 0.2) is 0 Å². The molecule has 0 aliphatic carbocycles. The minimum Gasteiger partial charge on any atom is -0.381 e. The Morgan fingerprint density at radius 3 is 2.62 bits per heavy atom. The molecular weight excluding hydrogens is 234 g/mol. The molecular formula is C12H13ClF2O. The van der Waals surface area contributed by atoms with Crippen LogP contribution in [-0.4, -0.2) is 18.6 Å². The van der Waals surface area contributed by atoms with Crippen molar-refractivity contribution in [2.24, 2.45) is 5.92 Å². The van der Waals surface area contributed by atoms with Gasteiger partial charge in [-0.15, -0.1) is 11.6 Å². The molecule has 1 aliphatic rings. The zero-order chi connectivity index (χ0) is 11.5. The molecule has 1 heterocycles. The standard InChI is InChI=1S/C12H13ClF2O/c13-10(8-4-5-16-7-8)6-9-11(14)2-1-3-12(9)15/h1-3,8,10H,4-7H2. The highest BCUT2D eigenvalue weighted by Gasteiger charge is 2.25. The first-order valence-corrected chi connectivity index (χ1v) is 5.77. The second kappa shape index (κ2) is 5.11. The van der Waals surface area contributed by atoms with Crippen molar-refractivity contribution in [3.8, 4) is 0 Å². The van der Waals surface area contributed by atoms with Crippen LogP contribution in [0.1, 0.15) is 12.0 Å². The Morgan fingerprint density at radius 1 is 1.38 bits per heavy atom. The first kappa shape index (κ1) is 11.8. The molecule has 1 saturated heterocycles. The Hall–Kier alpha value is -0.670. The average molecular weight is 247 g/mol. The number of hydrogen-bond acceptors (Lipinski definition) is 1. The number of halogens is 3. The van der Waals surface area contributed by atoms with Gasteiger partial charge in [0.25, 0.3) is 0 Å². The predicted molar refractivity (Wildman–Crippen MR) is 58.6 cm³/mol. The van der Waals surface area contributed by atoms with Crippen LogP contribution in [-0.2, 0) is 11.2 Å². The summed E-state index contributed by atoms with van der Waals surface area (Å²) in [4.78, 5) is 0. The van der Waals surface area contributed by atoms with Crippen molar-refractivity contribution < 1.29 is 13.5 Å². The second-order valence-electron chi connectivity index (χ2n) is 4.04. The van der Waals surface area contributed by atoms with Gasteiger partial charge in [0.1, 0.15) is 11.6 Å². The van der Waals surface area contributed by atoms with Crippen molar-refractivity contribution in [3.63, 3.8) is 0 Å². The Bertz CT molecular complexity index is 344. The fraction of sp³-hybridized carbons (Fsp3) is 0.500. The number of hydrogen-bond donors (Lipinski definition) is 0. The van der Waals surface area contributed by atoms with Crippen LogP contribution < -0.4 is 0 Å². The molecule has 0 aromatic heterocycles. The van der Waals surface area contributed by atoms with Crippen LogP contribution in [0.2, 0.25) is 0 Å². The minimum atomic E-state index is -0.524. The fourth-order valence-electron chi connectivity index (χ4n) is 1.93. The van der Waals surface area contributed by atoms with Crippen LogP contribution in [0, 0.1) is 17.6 Å². The van der Waals surface area contributed by atoms with Gasteiger partial charge in [-0.1, -0.05) is 6.07 Å². The Morgan fingerprint density at radius 2 is 2.06 bits per heavy atom. The molecule has 16 heavy (non-hydrogen) atoms. The van der Waals surface area contributed by atoms with E-state index >= 15 is 0 Å². The fourth-order valence-corrected chi connectivity index (χ4v) is 2.28. The van der Waals surface area contributed by atoms with Crippen molar-refractivity contribution in [1.29, 1.82) is 0 Å². The molecule has 1 fully saturated rings. The number of benzene rings is 1. The monoisotopic (exact) mass is 246 g/mol. The Balaban J connectivity index is 2.07.